The van der Waals surface area contributed by atoms with Crippen molar-refractivity contribution < 1.29 is 9.53 Å². The van der Waals surface area contributed by atoms with Crippen molar-refractivity contribution in [1.29, 1.82) is 0 Å². The van der Waals surface area contributed by atoms with Gasteiger partial charge < -0.3 is 10.1 Å². The highest BCUT2D eigenvalue weighted by molar-refractivity contribution is 6.30. The Hall–Kier alpha value is -2.59. The summed E-state index contributed by atoms with van der Waals surface area (Å²) in [6.07, 6.45) is 0. The van der Waals surface area contributed by atoms with E-state index in [-0.39, 0.29) is 5.91 Å². The van der Waals surface area contributed by atoms with Crippen LogP contribution < -0.4 is 10.1 Å². The van der Waals surface area contributed by atoms with Crippen LogP contribution in [0, 0.1) is 0 Å². The van der Waals surface area contributed by atoms with E-state index in [2.05, 4.69) is 10.3 Å². The topological polar surface area (TPSA) is 51.2 Å². The highest BCUT2D eigenvalue weighted by Crippen LogP contribution is 2.22. The minimum Gasteiger partial charge on any atom is -0.489 e. The number of rotatable bonds is 4. The molecule has 0 aliphatic carbocycles. The van der Waals surface area contributed by atoms with Crippen molar-refractivity contribution in [3.05, 3.63) is 70.9 Å². The third kappa shape index (κ3) is 3.43. The quantitative estimate of drug-likeness (QED) is 0.741. The van der Waals surface area contributed by atoms with Crippen molar-refractivity contribution in [3.8, 4) is 5.75 Å². The number of ether oxygens (including phenoxy) is 1. The zero-order valence-corrected chi connectivity index (χ0v) is 13.3. The van der Waals surface area contributed by atoms with Gasteiger partial charge in [0.1, 0.15) is 17.5 Å². The smallest absolute Gasteiger partial charge is 0.251 e. The number of para-hydroxylation sites is 1. The molecule has 2 aromatic carbocycles. The van der Waals surface area contributed by atoms with Crippen LogP contribution in [-0.2, 0) is 6.61 Å². The Morgan fingerprint density at radius 3 is 2.65 bits per heavy atom. The number of carbonyl (C=O) groups excluding carboxylic acids is 1. The summed E-state index contributed by atoms with van der Waals surface area (Å²) >= 11 is 6.21. The van der Waals surface area contributed by atoms with Gasteiger partial charge in [-0.05, 0) is 36.4 Å². The van der Waals surface area contributed by atoms with Gasteiger partial charge in [0, 0.05) is 23.6 Å². The van der Waals surface area contributed by atoms with Gasteiger partial charge in [0.05, 0.1) is 5.52 Å². The van der Waals surface area contributed by atoms with E-state index in [1.54, 1.807) is 31.3 Å². The fraction of sp³-hybridized carbons (Fsp3) is 0.111. The lowest BCUT2D eigenvalue weighted by atomic mass is 10.1. The van der Waals surface area contributed by atoms with Crippen LogP contribution in [-0.4, -0.2) is 17.9 Å². The second-order valence-electron chi connectivity index (χ2n) is 5.02. The van der Waals surface area contributed by atoms with Gasteiger partial charge in [-0.15, -0.1) is 0 Å². The van der Waals surface area contributed by atoms with Crippen molar-refractivity contribution in [2.45, 2.75) is 6.61 Å². The number of hydrogen-bond acceptors (Lipinski definition) is 3. The van der Waals surface area contributed by atoms with Crippen LogP contribution >= 0.6 is 11.6 Å². The molecule has 0 fully saturated rings. The van der Waals surface area contributed by atoms with Crippen molar-refractivity contribution >= 4 is 28.4 Å². The van der Waals surface area contributed by atoms with Crippen LogP contribution in [0.5, 0.6) is 5.75 Å². The molecule has 1 heterocycles. The number of amides is 1. The SMILES string of the molecule is CNC(=O)c1ccc(OCc2cc3ccccc3nc2Cl)cc1. The van der Waals surface area contributed by atoms with Gasteiger partial charge in [-0.25, -0.2) is 4.98 Å². The molecule has 0 saturated carbocycles. The summed E-state index contributed by atoms with van der Waals surface area (Å²) in [4.78, 5) is 15.9. The Labute approximate surface area is 139 Å². The fourth-order valence-corrected chi connectivity index (χ4v) is 2.45. The first kappa shape index (κ1) is 15.3. The Morgan fingerprint density at radius 2 is 1.91 bits per heavy atom. The number of aromatic nitrogens is 1. The monoisotopic (exact) mass is 326 g/mol. The molecule has 0 saturated heterocycles. The highest BCUT2D eigenvalue weighted by atomic mass is 35.5. The van der Waals surface area contributed by atoms with Crippen molar-refractivity contribution in [3.63, 3.8) is 0 Å². The number of fused-ring (bicyclic) bond motifs is 1. The predicted molar refractivity (Wildman–Crippen MR) is 90.9 cm³/mol. The molecule has 0 atom stereocenters. The van der Waals surface area contributed by atoms with Crippen LogP contribution in [0.1, 0.15) is 15.9 Å². The molecule has 0 unspecified atom stereocenters. The third-order valence-corrected chi connectivity index (χ3v) is 3.82. The summed E-state index contributed by atoms with van der Waals surface area (Å²) in [5.74, 6) is 0.542. The lowest BCUT2D eigenvalue weighted by molar-refractivity contribution is 0.0963. The van der Waals surface area contributed by atoms with Crippen LogP contribution in [0.25, 0.3) is 10.9 Å². The van der Waals surface area contributed by atoms with Crippen LogP contribution in [0.2, 0.25) is 5.15 Å². The average molecular weight is 327 g/mol. The number of pyridine rings is 1. The lowest BCUT2D eigenvalue weighted by Gasteiger charge is -2.09. The fourth-order valence-electron chi connectivity index (χ4n) is 2.25. The van der Waals surface area contributed by atoms with E-state index in [1.165, 1.54) is 0 Å². The first-order chi connectivity index (χ1) is 11.2. The molecule has 116 valence electrons. The van der Waals surface area contributed by atoms with E-state index in [9.17, 15) is 4.79 Å². The van der Waals surface area contributed by atoms with Gasteiger partial charge in [-0.1, -0.05) is 29.8 Å². The molecule has 1 aromatic heterocycles. The van der Waals surface area contributed by atoms with Gasteiger partial charge in [0.25, 0.3) is 5.91 Å². The Balaban J connectivity index is 1.75. The van der Waals surface area contributed by atoms with E-state index < -0.39 is 0 Å². The maximum atomic E-state index is 11.5. The number of benzene rings is 2. The van der Waals surface area contributed by atoms with Crippen molar-refractivity contribution in [1.82, 2.24) is 10.3 Å². The Bertz CT molecular complexity index is 847. The van der Waals surface area contributed by atoms with E-state index >= 15 is 0 Å². The number of nitrogens with zero attached hydrogens (tertiary/aromatic N) is 1. The molecule has 1 N–H and O–H groups in total. The predicted octanol–water partition coefficient (Wildman–Crippen LogP) is 3.83. The van der Waals surface area contributed by atoms with Gasteiger partial charge >= 0.3 is 0 Å². The first-order valence-electron chi connectivity index (χ1n) is 7.16. The minimum atomic E-state index is -0.127. The van der Waals surface area contributed by atoms with Crippen LogP contribution in [0.15, 0.2) is 54.6 Å². The van der Waals surface area contributed by atoms with Gasteiger partial charge in [0.2, 0.25) is 0 Å². The summed E-state index contributed by atoms with van der Waals surface area (Å²) < 4.78 is 5.73. The molecule has 5 heteroatoms. The average Bonchev–Trinajstić information content (AvgIpc) is 2.59. The maximum absolute atomic E-state index is 11.5. The Kier molecular flexibility index (Phi) is 4.44. The molecule has 4 nitrogen and oxygen atoms in total. The normalized spacial score (nSPS) is 10.5. The number of halogens is 1. The summed E-state index contributed by atoms with van der Waals surface area (Å²) in [6, 6.07) is 16.7. The third-order valence-electron chi connectivity index (χ3n) is 3.49. The highest BCUT2D eigenvalue weighted by Gasteiger charge is 2.07. The van der Waals surface area contributed by atoms with Gasteiger partial charge in [0.15, 0.2) is 0 Å². The van der Waals surface area contributed by atoms with Crippen LogP contribution in [0.3, 0.4) is 0 Å². The number of hydrogen-bond donors (Lipinski definition) is 1. The maximum Gasteiger partial charge on any atom is 0.251 e. The zero-order valence-electron chi connectivity index (χ0n) is 12.5. The second kappa shape index (κ2) is 6.67. The first-order valence-corrected chi connectivity index (χ1v) is 7.54. The van der Waals surface area contributed by atoms with Crippen molar-refractivity contribution in [2.24, 2.45) is 0 Å². The molecule has 3 rings (SSSR count). The zero-order chi connectivity index (χ0) is 16.2. The molecule has 0 bridgehead atoms. The van der Waals surface area contributed by atoms with E-state index in [4.69, 9.17) is 16.3 Å². The van der Waals surface area contributed by atoms with Gasteiger partial charge in [-0.2, -0.15) is 0 Å². The molecular weight excluding hydrogens is 312 g/mol. The minimum absolute atomic E-state index is 0.127. The molecule has 0 aliphatic rings. The number of carbonyl (C=O) groups is 1. The largest absolute Gasteiger partial charge is 0.489 e. The van der Waals surface area contributed by atoms with E-state index in [1.807, 2.05) is 30.3 Å². The van der Waals surface area contributed by atoms with Crippen molar-refractivity contribution in [2.75, 3.05) is 7.05 Å². The standard InChI is InChI=1S/C18H15ClN2O2/c1-20-18(22)12-6-8-15(9-7-12)23-11-14-10-13-4-2-3-5-16(13)21-17(14)19/h2-10H,11H2,1H3,(H,20,22). The van der Waals surface area contributed by atoms with E-state index in [0.717, 1.165) is 16.5 Å². The molecule has 1 amide bonds. The molecule has 0 spiro atoms. The number of nitrogens with one attached hydrogen (secondary N) is 1. The molecular formula is C18H15ClN2O2. The second-order valence-corrected chi connectivity index (χ2v) is 5.38. The molecule has 0 radical (unpaired) electrons. The summed E-state index contributed by atoms with van der Waals surface area (Å²) in [7, 11) is 1.60. The summed E-state index contributed by atoms with van der Waals surface area (Å²) in [5, 5.41) is 4.03. The summed E-state index contributed by atoms with van der Waals surface area (Å²) in [6.45, 7) is 0.315. The molecule has 0 aliphatic heterocycles. The molecule has 3 aromatic rings. The Morgan fingerprint density at radius 1 is 1.17 bits per heavy atom. The van der Waals surface area contributed by atoms with Crippen LogP contribution in [0.4, 0.5) is 0 Å². The van der Waals surface area contributed by atoms with Gasteiger partial charge in [-0.3, -0.25) is 4.79 Å². The molecule has 23 heavy (non-hydrogen) atoms. The van der Waals surface area contributed by atoms with E-state index in [0.29, 0.717) is 23.1 Å². The summed E-state index contributed by atoms with van der Waals surface area (Å²) in [5.41, 5.74) is 2.27. The lowest BCUT2D eigenvalue weighted by Crippen LogP contribution is -2.17.